The second-order valence-electron chi connectivity index (χ2n) is 3.90. The maximum Gasteiger partial charge on any atom is 0.219 e. The Morgan fingerprint density at radius 2 is 2.11 bits per heavy atom. The first kappa shape index (κ1) is 12.8. The maximum absolute atomic E-state index is 12.9. The van der Waals surface area contributed by atoms with Gasteiger partial charge in [0.05, 0.1) is 5.02 Å². The van der Waals surface area contributed by atoms with Crippen molar-refractivity contribution >= 4 is 11.6 Å². The fraction of sp³-hybridized carbons (Fsp3) is 0.154. The van der Waals surface area contributed by atoms with Gasteiger partial charge in [-0.25, -0.2) is 9.37 Å². The number of pyridine rings is 1. The first-order valence-corrected chi connectivity index (χ1v) is 5.78. The lowest BCUT2D eigenvalue weighted by Crippen LogP contribution is -2.05. The summed E-state index contributed by atoms with van der Waals surface area (Å²) in [4.78, 5) is 4.10. The highest BCUT2D eigenvalue weighted by Crippen LogP contribution is 2.29. The van der Waals surface area contributed by atoms with Gasteiger partial charge < -0.3 is 10.5 Å². The molecule has 0 aliphatic heterocycles. The molecule has 1 aromatic carbocycles. The lowest BCUT2D eigenvalue weighted by Gasteiger charge is -2.08. The molecule has 0 radical (unpaired) electrons. The summed E-state index contributed by atoms with van der Waals surface area (Å²) in [6.07, 6.45) is 1.64. The normalized spacial score (nSPS) is 12.2. The number of benzene rings is 1. The van der Waals surface area contributed by atoms with Crippen LogP contribution in [0.1, 0.15) is 18.5 Å². The van der Waals surface area contributed by atoms with Crippen LogP contribution >= 0.6 is 11.6 Å². The fourth-order valence-corrected chi connectivity index (χ4v) is 1.60. The van der Waals surface area contributed by atoms with E-state index in [1.54, 1.807) is 12.3 Å². The summed E-state index contributed by atoms with van der Waals surface area (Å²) in [6.45, 7) is 1.87. The lowest BCUT2D eigenvalue weighted by molar-refractivity contribution is 0.461. The zero-order valence-electron chi connectivity index (χ0n) is 9.73. The molecule has 0 unspecified atom stereocenters. The van der Waals surface area contributed by atoms with E-state index in [0.29, 0.717) is 11.6 Å². The van der Waals surface area contributed by atoms with Crippen molar-refractivity contribution in [2.24, 2.45) is 5.73 Å². The SMILES string of the molecule is C[C@@H](N)c1ccc(Oc2ccc(F)cc2Cl)nc1. The van der Waals surface area contributed by atoms with Crippen molar-refractivity contribution in [2.75, 3.05) is 0 Å². The number of hydrogen-bond donors (Lipinski definition) is 1. The number of rotatable bonds is 3. The molecule has 94 valence electrons. The molecule has 0 bridgehead atoms. The summed E-state index contributed by atoms with van der Waals surface area (Å²) in [5.74, 6) is 0.333. The topological polar surface area (TPSA) is 48.1 Å². The van der Waals surface area contributed by atoms with E-state index in [1.165, 1.54) is 18.2 Å². The average molecular weight is 267 g/mol. The van der Waals surface area contributed by atoms with E-state index >= 15 is 0 Å². The number of halogens is 2. The van der Waals surface area contributed by atoms with E-state index in [4.69, 9.17) is 22.1 Å². The Morgan fingerprint density at radius 3 is 2.67 bits per heavy atom. The predicted molar refractivity (Wildman–Crippen MR) is 68.3 cm³/mol. The molecule has 2 aromatic rings. The molecule has 0 amide bonds. The maximum atomic E-state index is 12.9. The standard InChI is InChI=1S/C13H12ClFN2O/c1-8(16)9-2-5-13(17-7-9)18-12-4-3-10(15)6-11(12)14/h2-8H,16H2,1H3/t8-/m1/s1. The van der Waals surface area contributed by atoms with Crippen molar-refractivity contribution < 1.29 is 9.13 Å². The van der Waals surface area contributed by atoms with Gasteiger partial charge in [-0.05, 0) is 30.7 Å². The number of hydrogen-bond acceptors (Lipinski definition) is 3. The molecule has 3 nitrogen and oxygen atoms in total. The zero-order valence-corrected chi connectivity index (χ0v) is 10.5. The van der Waals surface area contributed by atoms with Crippen LogP contribution in [0.2, 0.25) is 5.02 Å². The Balaban J connectivity index is 2.18. The highest BCUT2D eigenvalue weighted by atomic mass is 35.5. The third-order valence-electron chi connectivity index (χ3n) is 2.39. The fourth-order valence-electron chi connectivity index (χ4n) is 1.39. The molecule has 0 aliphatic carbocycles. The molecule has 5 heteroatoms. The quantitative estimate of drug-likeness (QED) is 0.922. The van der Waals surface area contributed by atoms with Crippen LogP contribution in [0, 0.1) is 5.82 Å². The first-order valence-electron chi connectivity index (χ1n) is 5.40. The van der Waals surface area contributed by atoms with E-state index < -0.39 is 5.82 Å². The molecular weight excluding hydrogens is 255 g/mol. The number of aromatic nitrogens is 1. The molecule has 1 heterocycles. The number of nitrogens with zero attached hydrogens (tertiary/aromatic N) is 1. The Bertz CT molecular complexity index is 543. The Hall–Kier alpha value is -1.65. The van der Waals surface area contributed by atoms with E-state index in [-0.39, 0.29) is 11.1 Å². The average Bonchev–Trinajstić information content (AvgIpc) is 2.33. The van der Waals surface area contributed by atoms with Crippen molar-refractivity contribution in [3.05, 3.63) is 52.9 Å². The van der Waals surface area contributed by atoms with E-state index in [1.807, 2.05) is 13.0 Å². The van der Waals surface area contributed by atoms with Crippen molar-refractivity contribution in [3.63, 3.8) is 0 Å². The van der Waals surface area contributed by atoms with E-state index in [2.05, 4.69) is 4.98 Å². The van der Waals surface area contributed by atoms with Crippen LogP contribution in [-0.4, -0.2) is 4.98 Å². The third-order valence-corrected chi connectivity index (χ3v) is 2.69. The lowest BCUT2D eigenvalue weighted by atomic mass is 10.2. The van der Waals surface area contributed by atoms with Gasteiger partial charge in [0.25, 0.3) is 0 Å². The number of nitrogens with two attached hydrogens (primary N) is 1. The van der Waals surface area contributed by atoms with Crippen LogP contribution in [0.25, 0.3) is 0 Å². The zero-order chi connectivity index (χ0) is 13.1. The first-order chi connectivity index (χ1) is 8.56. The summed E-state index contributed by atoms with van der Waals surface area (Å²) < 4.78 is 18.3. The minimum Gasteiger partial charge on any atom is -0.437 e. The monoisotopic (exact) mass is 266 g/mol. The predicted octanol–water partition coefficient (Wildman–Crippen LogP) is 3.69. The third kappa shape index (κ3) is 2.97. The summed E-state index contributed by atoms with van der Waals surface area (Å²) in [5.41, 5.74) is 6.62. The van der Waals surface area contributed by atoms with Gasteiger partial charge in [-0.15, -0.1) is 0 Å². The second-order valence-corrected chi connectivity index (χ2v) is 4.30. The second kappa shape index (κ2) is 5.33. The molecule has 18 heavy (non-hydrogen) atoms. The highest BCUT2D eigenvalue weighted by Gasteiger charge is 2.06. The molecule has 2 N–H and O–H groups in total. The summed E-state index contributed by atoms with van der Waals surface area (Å²) >= 11 is 5.85. The Kier molecular flexibility index (Phi) is 3.79. The number of ether oxygens (including phenoxy) is 1. The van der Waals surface area contributed by atoms with Crippen LogP contribution in [0.4, 0.5) is 4.39 Å². The molecular formula is C13H12ClFN2O. The molecule has 1 aromatic heterocycles. The van der Waals surface area contributed by atoms with Gasteiger partial charge in [0.15, 0.2) is 0 Å². The molecule has 0 aliphatic rings. The van der Waals surface area contributed by atoms with Gasteiger partial charge in [0, 0.05) is 18.3 Å². The highest BCUT2D eigenvalue weighted by molar-refractivity contribution is 6.32. The van der Waals surface area contributed by atoms with E-state index in [9.17, 15) is 4.39 Å². The summed E-state index contributed by atoms with van der Waals surface area (Å²) in [6, 6.07) is 7.35. The van der Waals surface area contributed by atoms with Crippen molar-refractivity contribution in [3.8, 4) is 11.6 Å². The minimum atomic E-state index is -0.410. The van der Waals surface area contributed by atoms with Crippen LogP contribution < -0.4 is 10.5 Å². The Labute approximate surface area is 109 Å². The van der Waals surface area contributed by atoms with Crippen LogP contribution in [0.15, 0.2) is 36.5 Å². The Morgan fingerprint density at radius 1 is 1.33 bits per heavy atom. The summed E-state index contributed by atoms with van der Waals surface area (Å²) in [5, 5.41) is 0.202. The van der Waals surface area contributed by atoms with Gasteiger partial charge in [0.1, 0.15) is 11.6 Å². The van der Waals surface area contributed by atoms with Crippen LogP contribution in [-0.2, 0) is 0 Å². The van der Waals surface area contributed by atoms with Crippen molar-refractivity contribution in [1.82, 2.24) is 4.98 Å². The van der Waals surface area contributed by atoms with Gasteiger partial charge in [-0.1, -0.05) is 17.7 Å². The van der Waals surface area contributed by atoms with Crippen LogP contribution in [0.3, 0.4) is 0 Å². The summed E-state index contributed by atoms with van der Waals surface area (Å²) in [7, 11) is 0. The smallest absolute Gasteiger partial charge is 0.219 e. The van der Waals surface area contributed by atoms with Gasteiger partial charge >= 0.3 is 0 Å². The van der Waals surface area contributed by atoms with Crippen molar-refractivity contribution in [1.29, 1.82) is 0 Å². The molecule has 0 saturated carbocycles. The molecule has 0 spiro atoms. The molecule has 0 fully saturated rings. The molecule has 0 saturated heterocycles. The van der Waals surface area contributed by atoms with Crippen LogP contribution in [0.5, 0.6) is 11.6 Å². The van der Waals surface area contributed by atoms with Gasteiger partial charge in [-0.2, -0.15) is 0 Å². The van der Waals surface area contributed by atoms with Crippen molar-refractivity contribution in [2.45, 2.75) is 13.0 Å². The minimum absolute atomic E-state index is 0.0824. The molecule has 2 rings (SSSR count). The van der Waals surface area contributed by atoms with E-state index in [0.717, 1.165) is 5.56 Å². The van der Waals surface area contributed by atoms with Gasteiger partial charge in [0.2, 0.25) is 5.88 Å². The van der Waals surface area contributed by atoms with Gasteiger partial charge in [-0.3, -0.25) is 0 Å². The largest absolute Gasteiger partial charge is 0.437 e. The molecule has 1 atom stereocenters.